The molecule has 2 rings (SSSR count). The number of hydrogen-bond acceptors (Lipinski definition) is 4. The van der Waals surface area contributed by atoms with Crippen molar-refractivity contribution in [3.63, 3.8) is 0 Å². The van der Waals surface area contributed by atoms with E-state index in [1.165, 1.54) is 23.9 Å². The summed E-state index contributed by atoms with van der Waals surface area (Å²) >= 11 is 1.36. The minimum atomic E-state index is -0.288. The Hall–Kier alpha value is -1.89. The Morgan fingerprint density at radius 2 is 1.75 bits per heavy atom. The lowest BCUT2D eigenvalue weighted by Crippen LogP contribution is -2.43. The summed E-state index contributed by atoms with van der Waals surface area (Å²) in [5.74, 6) is 0.751. The Balaban J connectivity index is 2.09. The molecule has 130 valence electrons. The Morgan fingerprint density at radius 3 is 2.29 bits per heavy atom. The first-order valence-corrected chi connectivity index (χ1v) is 8.89. The maximum absolute atomic E-state index is 13.0. The molecule has 0 aliphatic carbocycles. The maximum atomic E-state index is 13.0. The first-order valence-electron chi connectivity index (χ1n) is 7.90. The molecule has 0 unspecified atom stereocenters. The summed E-state index contributed by atoms with van der Waals surface area (Å²) in [6, 6.07) is 6.43. The molecule has 1 aromatic heterocycles. The van der Waals surface area contributed by atoms with Crippen LogP contribution in [0.3, 0.4) is 0 Å². The highest BCUT2D eigenvalue weighted by atomic mass is 32.2. The Kier molecular flexibility index (Phi) is 5.99. The lowest BCUT2D eigenvalue weighted by atomic mass is 10.2. The summed E-state index contributed by atoms with van der Waals surface area (Å²) in [4.78, 5) is 14.3. The number of aromatic nitrogens is 3. The van der Waals surface area contributed by atoms with Crippen LogP contribution in [0, 0.1) is 5.82 Å². The van der Waals surface area contributed by atoms with Gasteiger partial charge >= 0.3 is 0 Å². The summed E-state index contributed by atoms with van der Waals surface area (Å²) in [5, 5.41) is 8.96. The highest BCUT2D eigenvalue weighted by Crippen LogP contribution is 2.23. The van der Waals surface area contributed by atoms with Crippen molar-refractivity contribution in [3.05, 3.63) is 30.1 Å². The molecule has 24 heavy (non-hydrogen) atoms. The van der Waals surface area contributed by atoms with Gasteiger partial charge in [0.25, 0.3) is 0 Å². The van der Waals surface area contributed by atoms with E-state index in [1.807, 2.05) is 44.2 Å². The van der Waals surface area contributed by atoms with E-state index in [9.17, 15) is 9.18 Å². The zero-order chi connectivity index (χ0) is 17.9. The topological polar surface area (TPSA) is 51.0 Å². The first kappa shape index (κ1) is 18.4. The molecule has 0 aliphatic heterocycles. The van der Waals surface area contributed by atoms with Crippen LogP contribution in [0.4, 0.5) is 4.39 Å². The number of amides is 1. The highest BCUT2D eigenvalue weighted by molar-refractivity contribution is 7.99. The third kappa shape index (κ3) is 4.14. The number of carbonyl (C=O) groups excluding carboxylic acids is 1. The number of halogens is 1. The number of carbonyl (C=O) groups is 1. The number of benzene rings is 1. The molecule has 5 nitrogen and oxygen atoms in total. The van der Waals surface area contributed by atoms with Crippen LogP contribution in [-0.4, -0.2) is 43.4 Å². The van der Waals surface area contributed by atoms with Gasteiger partial charge in [0, 0.05) is 24.7 Å². The van der Waals surface area contributed by atoms with Crippen LogP contribution in [0.2, 0.25) is 0 Å². The number of rotatable bonds is 6. The van der Waals surface area contributed by atoms with Crippen LogP contribution in [0.15, 0.2) is 29.4 Å². The van der Waals surface area contributed by atoms with Crippen molar-refractivity contribution < 1.29 is 9.18 Å². The van der Waals surface area contributed by atoms with Gasteiger partial charge < -0.3 is 9.47 Å². The fourth-order valence-corrected chi connectivity index (χ4v) is 3.44. The Bertz CT molecular complexity index is 689. The molecule has 0 aliphatic rings. The number of hydrogen-bond donors (Lipinski definition) is 0. The zero-order valence-electron chi connectivity index (χ0n) is 14.7. The van der Waals surface area contributed by atoms with Gasteiger partial charge in [-0.25, -0.2) is 4.39 Å². The van der Waals surface area contributed by atoms with Gasteiger partial charge in [-0.1, -0.05) is 11.8 Å². The van der Waals surface area contributed by atoms with Crippen LogP contribution < -0.4 is 0 Å². The summed E-state index contributed by atoms with van der Waals surface area (Å²) in [7, 11) is 1.84. The third-order valence-electron chi connectivity index (χ3n) is 3.66. The molecular formula is C17H23FN4OS. The van der Waals surface area contributed by atoms with E-state index in [-0.39, 0.29) is 23.8 Å². The fraction of sp³-hybridized carbons (Fsp3) is 0.471. The molecule has 0 atom stereocenters. The molecule has 7 heteroatoms. The standard InChI is InChI=1S/C17H23FN4OS/c1-11(2)22(12(3)4)15(23)10-24-17-20-19-16(21(17)5)13-6-8-14(18)9-7-13/h6-9,11-12H,10H2,1-5H3. The van der Waals surface area contributed by atoms with E-state index in [4.69, 9.17) is 0 Å². The number of nitrogens with zero attached hydrogens (tertiary/aromatic N) is 4. The van der Waals surface area contributed by atoms with E-state index in [0.29, 0.717) is 16.7 Å². The second-order valence-electron chi connectivity index (χ2n) is 6.15. The minimum Gasteiger partial charge on any atom is -0.337 e. The molecule has 1 amide bonds. The van der Waals surface area contributed by atoms with Gasteiger partial charge in [0.15, 0.2) is 11.0 Å². The smallest absolute Gasteiger partial charge is 0.233 e. The second kappa shape index (κ2) is 7.79. The minimum absolute atomic E-state index is 0.0799. The van der Waals surface area contributed by atoms with Crippen molar-refractivity contribution in [1.29, 1.82) is 0 Å². The molecule has 0 bridgehead atoms. The van der Waals surface area contributed by atoms with Crippen LogP contribution >= 0.6 is 11.8 Å². The van der Waals surface area contributed by atoms with Gasteiger partial charge in [-0.3, -0.25) is 4.79 Å². The highest BCUT2D eigenvalue weighted by Gasteiger charge is 2.21. The SMILES string of the molecule is CC(C)N(C(=O)CSc1nnc(-c2ccc(F)cc2)n1C)C(C)C. The van der Waals surface area contributed by atoms with Gasteiger partial charge in [-0.2, -0.15) is 0 Å². The van der Waals surface area contributed by atoms with Gasteiger partial charge in [0.2, 0.25) is 5.91 Å². The lowest BCUT2D eigenvalue weighted by molar-refractivity contribution is -0.131. The fourth-order valence-electron chi connectivity index (χ4n) is 2.66. The van der Waals surface area contributed by atoms with Crippen LogP contribution in [-0.2, 0) is 11.8 Å². The predicted octanol–water partition coefficient (Wildman–Crippen LogP) is 3.36. The molecular weight excluding hydrogens is 327 g/mol. The van der Waals surface area contributed by atoms with Gasteiger partial charge in [0.05, 0.1) is 5.75 Å². The van der Waals surface area contributed by atoms with Crippen LogP contribution in [0.25, 0.3) is 11.4 Å². The summed E-state index contributed by atoms with van der Waals surface area (Å²) in [5.41, 5.74) is 0.788. The molecule has 0 spiro atoms. The zero-order valence-corrected chi connectivity index (χ0v) is 15.5. The average Bonchev–Trinajstić information content (AvgIpc) is 2.86. The van der Waals surface area contributed by atoms with E-state index in [2.05, 4.69) is 10.2 Å². The van der Waals surface area contributed by atoms with Crippen molar-refractivity contribution in [2.75, 3.05) is 5.75 Å². The molecule has 0 fully saturated rings. The Labute approximate surface area is 146 Å². The molecule has 2 aromatic rings. The quantitative estimate of drug-likeness (QED) is 0.750. The van der Waals surface area contributed by atoms with Gasteiger partial charge in [0.1, 0.15) is 5.82 Å². The van der Waals surface area contributed by atoms with Crippen molar-refractivity contribution in [1.82, 2.24) is 19.7 Å². The Morgan fingerprint density at radius 1 is 1.17 bits per heavy atom. The van der Waals surface area contributed by atoms with Crippen molar-refractivity contribution in [3.8, 4) is 11.4 Å². The molecule has 0 saturated carbocycles. The van der Waals surface area contributed by atoms with Crippen molar-refractivity contribution in [2.45, 2.75) is 44.9 Å². The monoisotopic (exact) mass is 350 g/mol. The van der Waals surface area contributed by atoms with Gasteiger partial charge in [-0.05, 0) is 52.0 Å². The molecule has 0 radical (unpaired) electrons. The number of thioether (sulfide) groups is 1. The molecule has 1 heterocycles. The van der Waals surface area contributed by atoms with Crippen molar-refractivity contribution >= 4 is 17.7 Å². The van der Waals surface area contributed by atoms with Crippen LogP contribution in [0.5, 0.6) is 0 Å². The van der Waals surface area contributed by atoms with E-state index >= 15 is 0 Å². The van der Waals surface area contributed by atoms with Gasteiger partial charge in [-0.15, -0.1) is 10.2 Å². The largest absolute Gasteiger partial charge is 0.337 e. The second-order valence-corrected chi connectivity index (χ2v) is 7.09. The molecule has 0 saturated heterocycles. The normalized spacial score (nSPS) is 11.3. The molecule has 1 aromatic carbocycles. The van der Waals surface area contributed by atoms with Crippen molar-refractivity contribution in [2.24, 2.45) is 7.05 Å². The summed E-state index contributed by atoms with van der Waals surface area (Å²) in [6.45, 7) is 8.05. The van der Waals surface area contributed by atoms with E-state index in [1.54, 1.807) is 12.1 Å². The third-order valence-corrected chi connectivity index (χ3v) is 4.67. The lowest BCUT2D eigenvalue weighted by Gasteiger charge is -2.30. The predicted molar refractivity (Wildman–Crippen MR) is 94.2 cm³/mol. The average molecular weight is 350 g/mol. The van der Waals surface area contributed by atoms with E-state index < -0.39 is 0 Å². The van der Waals surface area contributed by atoms with E-state index in [0.717, 1.165) is 5.56 Å². The van der Waals surface area contributed by atoms with Crippen LogP contribution in [0.1, 0.15) is 27.7 Å². The maximum Gasteiger partial charge on any atom is 0.233 e. The summed E-state index contributed by atoms with van der Waals surface area (Å²) < 4.78 is 14.9. The first-order chi connectivity index (χ1) is 11.3. The molecule has 0 N–H and O–H groups in total. The summed E-state index contributed by atoms with van der Waals surface area (Å²) in [6.07, 6.45) is 0.